The molecule has 31 heavy (non-hydrogen) atoms. The molecule has 7 nitrogen and oxygen atoms in total. The predicted molar refractivity (Wildman–Crippen MR) is 124 cm³/mol. The molecule has 0 spiro atoms. The van der Waals surface area contributed by atoms with Crippen LogP contribution in [0, 0.1) is 6.92 Å². The monoisotopic (exact) mass is 477 g/mol. The molecule has 0 atom stereocenters. The molecule has 0 aliphatic carbocycles. The molecular weight excluding hydrogens is 461 g/mol. The second-order valence-electron chi connectivity index (χ2n) is 6.50. The van der Waals surface area contributed by atoms with Crippen molar-refractivity contribution in [3.05, 3.63) is 62.5 Å². The summed E-state index contributed by atoms with van der Waals surface area (Å²) in [5.74, 6) is -0.795. The average molecular weight is 478 g/mol. The fraction of sp³-hybridized carbons (Fsp3) is 0.143. The zero-order chi connectivity index (χ0) is 22.5. The van der Waals surface area contributed by atoms with Crippen molar-refractivity contribution < 1.29 is 19.1 Å². The van der Waals surface area contributed by atoms with Gasteiger partial charge in [-0.25, -0.2) is 0 Å². The number of hydrogen-bond donors (Lipinski definition) is 2. The van der Waals surface area contributed by atoms with E-state index in [1.165, 1.54) is 6.92 Å². The van der Waals surface area contributed by atoms with Crippen LogP contribution in [-0.2, 0) is 14.4 Å². The summed E-state index contributed by atoms with van der Waals surface area (Å²) in [5, 5.41) is 6.24. The Kier molecular flexibility index (Phi) is 7.37. The normalized spacial score (nSPS) is 14.4. The van der Waals surface area contributed by atoms with Crippen molar-refractivity contribution in [2.24, 2.45) is 4.99 Å². The van der Waals surface area contributed by atoms with Gasteiger partial charge in [-0.3, -0.25) is 14.4 Å². The first-order chi connectivity index (χ1) is 14.7. The number of hydrogen-bond acceptors (Lipinski definition) is 5. The van der Waals surface area contributed by atoms with Gasteiger partial charge in [0.15, 0.2) is 11.8 Å². The third-order valence-corrected chi connectivity index (χ3v) is 5.57. The Bertz CT molecular complexity index is 1130. The van der Waals surface area contributed by atoms with E-state index in [2.05, 4.69) is 15.6 Å². The van der Waals surface area contributed by atoms with Crippen molar-refractivity contribution in [3.63, 3.8) is 0 Å². The van der Waals surface area contributed by atoms with Crippen LogP contribution in [0.2, 0.25) is 10.0 Å². The number of aliphatic imine (C=N–C) groups is 1. The predicted octanol–water partition coefficient (Wildman–Crippen LogP) is 4.43. The number of rotatable bonds is 5. The number of halogens is 2. The lowest BCUT2D eigenvalue weighted by molar-refractivity contribution is -0.118. The number of carbonyl (C=O) groups is 3. The first-order valence-corrected chi connectivity index (χ1v) is 10.6. The third-order valence-electron chi connectivity index (χ3n) is 3.97. The van der Waals surface area contributed by atoms with Crippen molar-refractivity contribution in [3.8, 4) is 5.75 Å². The van der Waals surface area contributed by atoms with Crippen molar-refractivity contribution in [2.45, 2.75) is 13.8 Å². The number of ether oxygens (including phenoxy) is 1. The van der Waals surface area contributed by atoms with Gasteiger partial charge in [0, 0.05) is 17.6 Å². The van der Waals surface area contributed by atoms with Gasteiger partial charge in [-0.2, -0.15) is 4.99 Å². The number of aryl methyl sites for hydroxylation is 1. The lowest BCUT2D eigenvalue weighted by Gasteiger charge is -2.10. The Hall–Kier alpha value is -2.81. The van der Waals surface area contributed by atoms with Crippen LogP contribution in [0.3, 0.4) is 0 Å². The first-order valence-electron chi connectivity index (χ1n) is 9.00. The molecule has 0 saturated heterocycles. The molecule has 0 saturated carbocycles. The Labute approximate surface area is 192 Å². The van der Waals surface area contributed by atoms with E-state index in [-0.39, 0.29) is 28.6 Å². The largest absolute Gasteiger partial charge is 0.482 e. The van der Waals surface area contributed by atoms with Crippen molar-refractivity contribution in [1.29, 1.82) is 0 Å². The number of benzene rings is 2. The second kappa shape index (κ2) is 10.00. The molecule has 0 aromatic heterocycles. The van der Waals surface area contributed by atoms with Crippen molar-refractivity contribution in [1.82, 2.24) is 5.32 Å². The van der Waals surface area contributed by atoms with Gasteiger partial charge in [0.1, 0.15) is 5.75 Å². The van der Waals surface area contributed by atoms with E-state index >= 15 is 0 Å². The van der Waals surface area contributed by atoms with Crippen LogP contribution >= 0.6 is 35.0 Å². The van der Waals surface area contributed by atoms with Gasteiger partial charge < -0.3 is 15.4 Å². The van der Waals surface area contributed by atoms with Gasteiger partial charge in [-0.15, -0.1) is 0 Å². The fourth-order valence-electron chi connectivity index (χ4n) is 2.50. The Morgan fingerprint density at radius 3 is 2.58 bits per heavy atom. The highest BCUT2D eigenvalue weighted by molar-refractivity contribution is 8.18. The summed E-state index contributed by atoms with van der Waals surface area (Å²) in [4.78, 5) is 39.3. The third kappa shape index (κ3) is 6.33. The van der Waals surface area contributed by atoms with Crippen LogP contribution < -0.4 is 15.4 Å². The minimum absolute atomic E-state index is 0.232. The number of thioether (sulfide) groups is 1. The maximum absolute atomic E-state index is 12.1. The zero-order valence-electron chi connectivity index (χ0n) is 16.5. The van der Waals surface area contributed by atoms with E-state index in [1.54, 1.807) is 42.5 Å². The second-order valence-corrected chi connectivity index (χ2v) is 8.35. The van der Waals surface area contributed by atoms with Gasteiger partial charge in [0.25, 0.3) is 11.8 Å². The summed E-state index contributed by atoms with van der Waals surface area (Å²) >= 11 is 13.4. The van der Waals surface area contributed by atoms with Crippen LogP contribution in [-0.4, -0.2) is 29.5 Å². The maximum Gasteiger partial charge on any atom is 0.286 e. The standard InChI is InChI=1S/C21H17Cl2N3O4S/c1-11-3-5-14(9-15(11)22)25-19(28)10-30-17-6-4-13(7-16(17)23)8-18-20(29)26-21(31-18)24-12(2)27/h3-9H,10H2,1-2H3,(H,25,28)(H,24,26,27,29). The molecule has 1 aliphatic heterocycles. The molecule has 2 aromatic carbocycles. The molecule has 2 N–H and O–H groups in total. The van der Waals surface area contributed by atoms with Gasteiger partial charge in [-0.1, -0.05) is 35.3 Å². The molecule has 160 valence electrons. The SMILES string of the molecule is CC(=O)NC1=NC(=O)C(=Cc2ccc(OCC(=O)Nc3ccc(C)c(Cl)c3)c(Cl)c2)S1. The zero-order valence-corrected chi connectivity index (χ0v) is 18.8. The van der Waals surface area contributed by atoms with Gasteiger partial charge >= 0.3 is 0 Å². The molecule has 3 amide bonds. The molecule has 0 unspecified atom stereocenters. The smallest absolute Gasteiger partial charge is 0.286 e. The molecule has 3 rings (SSSR count). The summed E-state index contributed by atoms with van der Waals surface area (Å²) in [6.45, 7) is 2.97. The highest BCUT2D eigenvalue weighted by Crippen LogP contribution is 2.31. The summed E-state index contributed by atoms with van der Waals surface area (Å²) in [6.07, 6.45) is 1.61. The minimum Gasteiger partial charge on any atom is -0.482 e. The number of carbonyl (C=O) groups excluding carboxylic acids is 3. The molecule has 10 heteroatoms. The fourth-order valence-corrected chi connectivity index (χ4v) is 3.78. The summed E-state index contributed by atoms with van der Waals surface area (Å²) in [7, 11) is 0. The van der Waals surface area contributed by atoms with E-state index in [4.69, 9.17) is 27.9 Å². The summed E-state index contributed by atoms with van der Waals surface area (Å²) < 4.78 is 5.49. The van der Waals surface area contributed by atoms with Gasteiger partial charge in [-0.05, 0) is 60.2 Å². The number of amidine groups is 1. The Morgan fingerprint density at radius 2 is 1.90 bits per heavy atom. The van der Waals surface area contributed by atoms with Crippen LogP contribution in [0.15, 0.2) is 46.3 Å². The van der Waals surface area contributed by atoms with Crippen molar-refractivity contribution in [2.75, 3.05) is 11.9 Å². The quantitative estimate of drug-likeness (QED) is 0.620. The van der Waals surface area contributed by atoms with Gasteiger partial charge in [0.05, 0.1) is 9.93 Å². The molecular formula is C21H17Cl2N3O4S. The molecule has 1 aliphatic rings. The Morgan fingerprint density at radius 1 is 1.13 bits per heavy atom. The van der Waals surface area contributed by atoms with E-state index in [0.29, 0.717) is 26.9 Å². The van der Waals surface area contributed by atoms with E-state index < -0.39 is 5.91 Å². The molecule has 0 bridgehead atoms. The first kappa shape index (κ1) is 22.9. The molecule has 0 radical (unpaired) electrons. The van der Waals surface area contributed by atoms with Crippen LogP contribution in [0.1, 0.15) is 18.1 Å². The highest BCUT2D eigenvalue weighted by Gasteiger charge is 2.22. The number of nitrogens with one attached hydrogen (secondary N) is 2. The maximum atomic E-state index is 12.1. The molecule has 2 aromatic rings. The topological polar surface area (TPSA) is 96.9 Å². The van der Waals surface area contributed by atoms with E-state index in [9.17, 15) is 14.4 Å². The van der Waals surface area contributed by atoms with Crippen molar-refractivity contribution >= 4 is 69.6 Å². The number of nitrogens with zero attached hydrogens (tertiary/aromatic N) is 1. The minimum atomic E-state index is -0.446. The number of amides is 3. The van der Waals surface area contributed by atoms with Crippen LogP contribution in [0.25, 0.3) is 6.08 Å². The summed E-state index contributed by atoms with van der Waals surface area (Å²) in [6, 6.07) is 10.1. The molecule has 0 fully saturated rings. The average Bonchev–Trinajstić information content (AvgIpc) is 3.02. The number of anilines is 1. The van der Waals surface area contributed by atoms with E-state index in [0.717, 1.165) is 17.3 Å². The Balaban J connectivity index is 1.59. The lowest BCUT2D eigenvalue weighted by Crippen LogP contribution is -2.23. The van der Waals surface area contributed by atoms with E-state index in [1.807, 2.05) is 6.92 Å². The van der Waals surface area contributed by atoms with Crippen LogP contribution in [0.5, 0.6) is 5.75 Å². The van der Waals surface area contributed by atoms with Gasteiger partial charge in [0.2, 0.25) is 5.91 Å². The molecule has 1 heterocycles. The van der Waals surface area contributed by atoms with Crippen LogP contribution in [0.4, 0.5) is 5.69 Å². The summed E-state index contributed by atoms with van der Waals surface area (Å²) in [5.41, 5.74) is 2.12. The highest BCUT2D eigenvalue weighted by atomic mass is 35.5. The lowest BCUT2D eigenvalue weighted by atomic mass is 10.2.